The molecule has 2 N–H and O–H groups in total. The van der Waals surface area contributed by atoms with Crippen LogP contribution in [0.2, 0.25) is 5.02 Å². The van der Waals surface area contributed by atoms with Gasteiger partial charge in [-0.25, -0.2) is 4.98 Å². The van der Waals surface area contributed by atoms with Gasteiger partial charge in [0.15, 0.2) is 5.65 Å². The summed E-state index contributed by atoms with van der Waals surface area (Å²) in [7, 11) is 7.39. The Morgan fingerprint density at radius 2 is 2.09 bits per heavy atom. The van der Waals surface area contributed by atoms with Crippen LogP contribution in [0.5, 0.6) is 0 Å². The highest BCUT2D eigenvalue weighted by molar-refractivity contribution is 6.31. The van der Waals surface area contributed by atoms with Crippen LogP contribution in [0.4, 0.5) is 5.95 Å². The second-order valence-corrected chi connectivity index (χ2v) is 9.14. The monoisotopic (exact) mass is 472 g/mol. The average Bonchev–Trinajstić information content (AvgIpc) is 3.14. The van der Waals surface area contributed by atoms with Crippen LogP contribution in [-0.2, 0) is 11.3 Å². The molecule has 10 heteroatoms. The van der Waals surface area contributed by atoms with E-state index in [4.69, 9.17) is 21.3 Å². The maximum Gasteiger partial charge on any atom is 0.270 e. The number of nitrogens with one attached hydrogen (secondary N) is 1. The molecule has 33 heavy (non-hydrogen) atoms. The topological polar surface area (TPSA) is 95.8 Å². The second-order valence-electron chi connectivity index (χ2n) is 8.73. The van der Waals surface area contributed by atoms with Gasteiger partial charge in [-0.15, -0.1) is 0 Å². The fraction of sp³-hybridized carbons (Fsp3) is 0.435. The van der Waals surface area contributed by atoms with Crippen LogP contribution in [0.3, 0.4) is 0 Å². The molecule has 3 heterocycles. The second kappa shape index (κ2) is 9.64. The zero-order valence-electron chi connectivity index (χ0n) is 19.2. The SMILES string of the molecule is CN(C)Cc1ccc(-n2c(C(=O)N(C)C)cc3cnc(N[C@@H]4CCOC[C@H]4O)nc32)cc1Cl. The summed E-state index contributed by atoms with van der Waals surface area (Å²) in [6.45, 7) is 1.54. The number of carbonyl (C=O) groups excluding carboxylic acids is 1. The maximum absolute atomic E-state index is 13.0. The van der Waals surface area contributed by atoms with Gasteiger partial charge in [0.1, 0.15) is 5.69 Å². The van der Waals surface area contributed by atoms with Gasteiger partial charge in [-0.05, 0) is 44.3 Å². The smallest absolute Gasteiger partial charge is 0.270 e. The van der Waals surface area contributed by atoms with Crippen molar-refractivity contribution < 1.29 is 14.6 Å². The number of hydrogen-bond donors (Lipinski definition) is 2. The minimum atomic E-state index is -0.640. The Hall–Kier alpha value is -2.72. The highest BCUT2D eigenvalue weighted by Gasteiger charge is 2.25. The molecule has 0 unspecified atom stereocenters. The van der Waals surface area contributed by atoms with Gasteiger partial charge in [0.25, 0.3) is 5.91 Å². The Morgan fingerprint density at radius 1 is 1.30 bits per heavy atom. The molecule has 1 saturated heterocycles. The zero-order chi connectivity index (χ0) is 23.7. The van der Waals surface area contributed by atoms with E-state index in [1.807, 2.05) is 37.2 Å². The summed E-state index contributed by atoms with van der Waals surface area (Å²) in [6.07, 6.45) is 1.69. The summed E-state index contributed by atoms with van der Waals surface area (Å²) in [5.74, 6) is 0.225. The lowest BCUT2D eigenvalue weighted by Gasteiger charge is -2.28. The van der Waals surface area contributed by atoms with Gasteiger partial charge in [-0.2, -0.15) is 4.98 Å². The highest BCUT2D eigenvalue weighted by Crippen LogP contribution is 2.28. The standard InChI is InChI=1S/C23H29ClN6O3/c1-28(2)12-14-5-6-16(10-17(14)24)30-19(22(32)29(3)4)9-15-11-25-23(27-21(15)30)26-18-7-8-33-13-20(18)31/h5-6,9-11,18,20,31H,7-8,12-13H2,1-4H3,(H,25,26,27)/t18-,20-/m1/s1. The molecule has 0 saturated carbocycles. The van der Waals surface area contributed by atoms with Crippen LogP contribution in [0.15, 0.2) is 30.5 Å². The molecule has 0 spiro atoms. The van der Waals surface area contributed by atoms with Crippen molar-refractivity contribution in [3.63, 3.8) is 0 Å². The van der Waals surface area contributed by atoms with Crippen molar-refractivity contribution in [2.24, 2.45) is 0 Å². The summed E-state index contributed by atoms with van der Waals surface area (Å²) in [5, 5.41) is 14.8. The van der Waals surface area contributed by atoms with E-state index < -0.39 is 6.10 Å². The lowest BCUT2D eigenvalue weighted by molar-refractivity contribution is -0.0136. The first-order valence-electron chi connectivity index (χ1n) is 10.8. The van der Waals surface area contributed by atoms with E-state index in [1.165, 1.54) is 4.90 Å². The Labute approximate surface area is 197 Å². The van der Waals surface area contributed by atoms with Crippen molar-refractivity contribution in [3.8, 4) is 5.69 Å². The van der Waals surface area contributed by atoms with E-state index in [-0.39, 0.29) is 18.6 Å². The Morgan fingerprint density at radius 3 is 2.76 bits per heavy atom. The molecule has 2 aromatic heterocycles. The number of carbonyl (C=O) groups is 1. The summed E-state index contributed by atoms with van der Waals surface area (Å²) >= 11 is 6.59. The molecule has 9 nitrogen and oxygen atoms in total. The molecular formula is C23H29ClN6O3. The summed E-state index contributed by atoms with van der Waals surface area (Å²) in [4.78, 5) is 25.7. The van der Waals surface area contributed by atoms with Crippen molar-refractivity contribution in [1.82, 2.24) is 24.3 Å². The number of halogens is 1. The number of hydrogen-bond acceptors (Lipinski definition) is 7. The van der Waals surface area contributed by atoms with Gasteiger partial charge < -0.3 is 25.0 Å². The zero-order valence-corrected chi connectivity index (χ0v) is 20.0. The number of aliphatic hydroxyl groups excluding tert-OH is 1. The van der Waals surface area contributed by atoms with Crippen LogP contribution in [0.1, 0.15) is 22.5 Å². The molecule has 0 aliphatic carbocycles. The number of anilines is 1. The van der Waals surface area contributed by atoms with E-state index in [0.29, 0.717) is 41.9 Å². The normalized spacial score (nSPS) is 18.6. The molecule has 0 radical (unpaired) electrons. The number of aliphatic hydroxyl groups is 1. The third-order valence-corrected chi connectivity index (χ3v) is 5.94. The van der Waals surface area contributed by atoms with Crippen LogP contribution in [0.25, 0.3) is 16.7 Å². The average molecular weight is 473 g/mol. The quantitative estimate of drug-likeness (QED) is 0.568. The maximum atomic E-state index is 13.0. The summed E-state index contributed by atoms with van der Waals surface area (Å²) in [5.41, 5.74) is 2.77. The molecule has 2 atom stereocenters. The minimum absolute atomic E-state index is 0.157. The van der Waals surface area contributed by atoms with E-state index in [9.17, 15) is 9.90 Å². The first kappa shape index (κ1) is 23.4. The Balaban J connectivity index is 1.80. The number of ether oxygens (including phenoxy) is 1. The Bertz CT molecular complexity index is 1160. The predicted octanol–water partition coefficient (Wildman–Crippen LogP) is 2.40. The van der Waals surface area contributed by atoms with Gasteiger partial charge in [-0.1, -0.05) is 17.7 Å². The molecule has 1 aliphatic heterocycles. The van der Waals surface area contributed by atoms with Crippen LogP contribution in [-0.4, -0.2) is 88.9 Å². The van der Waals surface area contributed by atoms with Crippen molar-refractivity contribution in [2.75, 3.05) is 46.7 Å². The molecule has 3 aromatic rings. The first-order chi connectivity index (χ1) is 15.7. The highest BCUT2D eigenvalue weighted by atomic mass is 35.5. The van der Waals surface area contributed by atoms with Crippen molar-refractivity contribution in [2.45, 2.75) is 25.1 Å². The van der Waals surface area contributed by atoms with Gasteiger partial charge >= 0.3 is 0 Å². The number of rotatable bonds is 6. The third kappa shape index (κ3) is 4.96. The fourth-order valence-electron chi connectivity index (χ4n) is 3.91. The fourth-order valence-corrected chi connectivity index (χ4v) is 4.14. The molecule has 1 aromatic carbocycles. The largest absolute Gasteiger partial charge is 0.389 e. The lowest BCUT2D eigenvalue weighted by Crippen LogP contribution is -2.42. The molecule has 1 amide bonds. The van der Waals surface area contributed by atoms with E-state index >= 15 is 0 Å². The van der Waals surface area contributed by atoms with E-state index in [1.54, 1.807) is 30.9 Å². The molecule has 4 rings (SSSR count). The van der Waals surface area contributed by atoms with Crippen LogP contribution < -0.4 is 5.32 Å². The minimum Gasteiger partial charge on any atom is -0.389 e. The molecule has 1 aliphatic rings. The number of fused-ring (bicyclic) bond motifs is 1. The van der Waals surface area contributed by atoms with Gasteiger partial charge in [-0.3, -0.25) is 9.36 Å². The first-order valence-corrected chi connectivity index (χ1v) is 11.2. The van der Waals surface area contributed by atoms with Crippen molar-refractivity contribution in [1.29, 1.82) is 0 Å². The molecule has 176 valence electrons. The van der Waals surface area contributed by atoms with Crippen LogP contribution >= 0.6 is 11.6 Å². The Kier molecular flexibility index (Phi) is 6.85. The van der Waals surface area contributed by atoms with Crippen LogP contribution in [0, 0.1) is 0 Å². The molecular weight excluding hydrogens is 444 g/mol. The van der Waals surface area contributed by atoms with Gasteiger partial charge in [0.05, 0.1) is 18.8 Å². The lowest BCUT2D eigenvalue weighted by atomic mass is 10.1. The predicted molar refractivity (Wildman–Crippen MR) is 128 cm³/mol. The van der Waals surface area contributed by atoms with E-state index in [0.717, 1.165) is 16.6 Å². The number of benzene rings is 1. The van der Waals surface area contributed by atoms with Gasteiger partial charge in [0.2, 0.25) is 5.95 Å². The molecule has 0 bridgehead atoms. The summed E-state index contributed by atoms with van der Waals surface area (Å²) < 4.78 is 7.10. The molecule has 1 fully saturated rings. The number of amides is 1. The van der Waals surface area contributed by atoms with Crippen molar-refractivity contribution >= 4 is 34.5 Å². The summed E-state index contributed by atoms with van der Waals surface area (Å²) in [6, 6.07) is 7.33. The van der Waals surface area contributed by atoms with Crippen molar-refractivity contribution in [3.05, 3.63) is 46.7 Å². The number of nitrogens with zero attached hydrogens (tertiary/aromatic N) is 5. The third-order valence-electron chi connectivity index (χ3n) is 5.59. The van der Waals surface area contributed by atoms with Gasteiger partial charge in [0, 0.05) is 49.5 Å². The number of aromatic nitrogens is 3. The van der Waals surface area contributed by atoms with E-state index in [2.05, 4.69) is 10.3 Å².